The third kappa shape index (κ3) is 4.77. The second kappa shape index (κ2) is 9.87. The number of carbonyl (C=O) groups is 1. The molecule has 0 unspecified atom stereocenters. The lowest BCUT2D eigenvalue weighted by Gasteiger charge is -2.19. The minimum atomic E-state index is -3.59. The van der Waals surface area contributed by atoms with Gasteiger partial charge in [-0.2, -0.15) is 10.0 Å². The number of ether oxygens (including phenoxy) is 2. The fraction of sp³-hybridized carbons (Fsp3) is 0.200. The quantitative estimate of drug-likeness (QED) is 0.455. The smallest absolute Gasteiger partial charge is 0.283 e. The lowest BCUT2D eigenvalue weighted by molar-refractivity contribution is -0.114. The molecular weight excluding hydrogens is 514 g/mol. The number of aromatic nitrogens is 1. The number of rotatable bonds is 7. The Labute approximate surface area is 217 Å². The molecule has 1 amide bonds. The number of aliphatic imine (C=N–C) groups is 1. The number of nitrogens with zero attached hydrogens (tertiary/aromatic N) is 4. The van der Waals surface area contributed by atoms with E-state index in [2.05, 4.69) is 10.1 Å². The molecule has 0 saturated carbocycles. The molecule has 1 N–H and O–H groups in total. The molecule has 2 aliphatic heterocycles. The molecule has 10 nitrogen and oxygen atoms in total. The molecule has 0 radical (unpaired) electrons. The number of nitrogens with one attached hydrogen (secondary N) is 1. The van der Waals surface area contributed by atoms with Crippen molar-refractivity contribution in [3.63, 3.8) is 0 Å². The molecule has 0 bridgehead atoms. The van der Waals surface area contributed by atoms with Crippen molar-refractivity contribution in [2.45, 2.75) is 13.5 Å². The SMILES string of the molecule is CCS(=O)(=O)C1=NN2C(=N)/C(=C\c3cn(CCOc4ccc(OC)cc4)c4ccccc34)C(=O)N=C2S1. The van der Waals surface area contributed by atoms with Crippen molar-refractivity contribution in [2.75, 3.05) is 19.5 Å². The highest BCUT2D eigenvalue weighted by atomic mass is 32.3. The predicted molar refractivity (Wildman–Crippen MR) is 145 cm³/mol. The van der Waals surface area contributed by atoms with Gasteiger partial charge in [0.25, 0.3) is 5.91 Å². The van der Waals surface area contributed by atoms with Crippen LogP contribution in [0.25, 0.3) is 17.0 Å². The van der Waals surface area contributed by atoms with Crippen molar-refractivity contribution in [1.29, 1.82) is 5.41 Å². The van der Waals surface area contributed by atoms with E-state index in [-0.39, 0.29) is 26.7 Å². The summed E-state index contributed by atoms with van der Waals surface area (Å²) in [6.45, 7) is 2.48. The summed E-state index contributed by atoms with van der Waals surface area (Å²) in [6.07, 6.45) is 3.49. The van der Waals surface area contributed by atoms with Crippen LogP contribution in [0.3, 0.4) is 0 Å². The maximum absolute atomic E-state index is 12.8. The van der Waals surface area contributed by atoms with Gasteiger partial charge in [0.05, 0.1) is 25.0 Å². The van der Waals surface area contributed by atoms with E-state index < -0.39 is 15.7 Å². The first-order valence-corrected chi connectivity index (χ1v) is 13.9. The molecule has 37 heavy (non-hydrogen) atoms. The van der Waals surface area contributed by atoms with Gasteiger partial charge in [-0.1, -0.05) is 25.1 Å². The van der Waals surface area contributed by atoms with Gasteiger partial charge in [-0.25, -0.2) is 8.42 Å². The fourth-order valence-corrected chi connectivity index (χ4v) is 6.05. The number of sulfone groups is 1. The fourth-order valence-electron chi connectivity index (χ4n) is 3.89. The first kappa shape index (κ1) is 24.8. The number of para-hydroxylation sites is 1. The largest absolute Gasteiger partial charge is 0.497 e. The number of methoxy groups -OCH3 is 1. The van der Waals surface area contributed by atoms with E-state index in [1.165, 1.54) is 6.92 Å². The topological polar surface area (TPSA) is 126 Å². The molecule has 0 spiro atoms. The highest BCUT2D eigenvalue weighted by Crippen LogP contribution is 2.31. The summed E-state index contributed by atoms with van der Waals surface area (Å²) in [7, 11) is -1.98. The zero-order valence-corrected chi connectivity index (χ0v) is 21.7. The van der Waals surface area contributed by atoms with Crippen molar-refractivity contribution in [1.82, 2.24) is 9.58 Å². The van der Waals surface area contributed by atoms with Gasteiger partial charge in [-0.15, -0.1) is 5.10 Å². The van der Waals surface area contributed by atoms with Crippen LogP contribution in [-0.4, -0.2) is 58.7 Å². The van der Waals surface area contributed by atoms with Gasteiger partial charge in [0.1, 0.15) is 18.1 Å². The summed E-state index contributed by atoms with van der Waals surface area (Å²) in [4.78, 5) is 16.8. The maximum Gasteiger partial charge on any atom is 0.283 e. The van der Waals surface area contributed by atoms with Crippen LogP contribution in [0.1, 0.15) is 12.5 Å². The molecule has 2 aliphatic rings. The Kier molecular flexibility index (Phi) is 6.61. The highest BCUT2D eigenvalue weighted by molar-refractivity contribution is 8.42. The molecule has 1 aromatic heterocycles. The number of hydrazone groups is 1. The Morgan fingerprint density at radius 3 is 2.57 bits per heavy atom. The van der Waals surface area contributed by atoms with Crippen molar-refractivity contribution < 1.29 is 22.7 Å². The van der Waals surface area contributed by atoms with Crippen molar-refractivity contribution in [3.05, 3.63) is 65.9 Å². The minimum absolute atomic E-state index is 0.0284. The first-order chi connectivity index (χ1) is 17.8. The number of thioether (sulfide) groups is 1. The Hall–Kier alpha value is -3.90. The number of amidine groups is 2. The molecule has 5 rings (SSSR count). The van der Waals surface area contributed by atoms with Crippen LogP contribution in [0, 0.1) is 5.41 Å². The van der Waals surface area contributed by atoms with E-state index in [0.29, 0.717) is 13.2 Å². The lowest BCUT2D eigenvalue weighted by Crippen LogP contribution is -2.35. The third-order valence-corrected chi connectivity index (χ3v) is 8.95. The van der Waals surface area contributed by atoms with Gasteiger partial charge in [-0.05, 0) is 48.2 Å². The van der Waals surface area contributed by atoms with E-state index in [0.717, 1.165) is 44.7 Å². The van der Waals surface area contributed by atoms with Gasteiger partial charge in [-0.3, -0.25) is 10.2 Å². The average molecular weight is 538 g/mol. The molecule has 190 valence electrons. The molecule has 0 fully saturated rings. The zero-order valence-electron chi connectivity index (χ0n) is 20.0. The van der Waals surface area contributed by atoms with Crippen LogP contribution in [0.2, 0.25) is 0 Å². The summed E-state index contributed by atoms with van der Waals surface area (Å²) in [6, 6.07) is 15.1. The van der Waals surface area contributed by atoms with Crippen LogP contribution in [0.15, 0.2) is 70.4 Å². The average Bonchev–Trinajstić information content (AvgIpc) is 3.49. The number of hydrogen-bond acceptors (Lipinski definition) is 8. The second-order valence-corrected chi connectivity index (χ2v) is 11.5. The standard InChI is InChI=1S/C25H23N5O5S2/c1-3-37(32,33)25-28-30-22(26)20(23(31)27-24(30)36-25)14-16-15-29(21-7-5-4-6-19(16)21)12-13-35-18-10-8-17(34-2)9-11-18/h4-11,14-15,26H,3,12-13H2,1-2H3/b20-14+,26-22?. The van der Waals surface area contributed by atoms with Crippen molar-refractivity contribution in [3.8, 4) is 11.5 Å². The van der Waals surface area contributed by atoms with Gasteiger partial charge < -0.3 is 14.0 Å². The summed E-state index contributed by atoms with van der Waals surface area (Å²) in [5, 5.41) is 14.7. The van der Waals surface area contributed by atoms with Crippen LogP contribution < -0.4 is 9.47 Å². The van der Waals surface area contributed by atoms with Crippen LogP contribution in [-0.2, 0) is 21.2 Å². The number of carbonyl (C=O) groups excluding carboxylic acids is 1. The number of amides is 1. The van der Waals surface area contributed by atoms with Gasteiger partial charge >= 0.3 is 0 Å². The summed E-state index contributed by atoms with van der Waals surface area (Å²) >= 11 is 0.782. The van der Waals surface area contributed by atoms with Gasteiger partial charge in [0.15, 0.2) is 5.84 Å². The molecule has 3 aromatic rings. The predicted octanol–water partition coefficient (Wildman–Crippen LogP) is 3.74. The summed E-state index contributed by atoms with van der Waals surface area (Å²) < 4.78 is 37.4. The van der Waals surface area contributed by atoms with Crippen molar-refractivity contribution in [2.24, 2.45) is 10.1 Å². The molecule has 0 atom stereocenters. The molecule has 0 saturated heterocycles. The maximum atomic E-state index is 12.8. The van der Waals surface area contributed by atoms with Gasteiger partial charge in [0.2, 0.25) is 19.4 Å². The van der Waals surface area contributed by atoms with E-state index >= 15 is 0 Å². The Bertz CT molecular complexity index is 1600. The summed E-state index contributed by atoms with van der Waals surface area (Å²) in [5.41, 5.74) is 1.70. The monoisotopic (exact) mass is 537 g/mol. The molecule has 12 heteroatoms. The first-order valence-electron chi connectivity index (χ1n) is 11.4. The van der Waals surface area contributed by atoms with E-state index in [1.807, 2.05) is 59.3 Å². The number of benzene rings is 2. The van der Waals surface area contributed by atoms with Crippen LogP contribution >= 0.6 is 11.8 Å². The lowest BCUT2D eigenvalue weighted by atomic mass is 10.1. The molecule has 0 aliphatic carbocycles. The normalized spacial score (nSPS) is 16.7. The second-order valence-electron chi connectivity index (χ2n) is 8.11. The Morgan fingerprint density at radius 2 is 1.84 bits per heavy atom. The Morgan fingerprint density at radius 1 is 1.11 bits per heavy atom. The number of hydrogen-bond donors (Lipinski definition) is 1. The molecular formula is C25H23N5O5S2. The van der Waals surface area contributed by atoms with Crippen LogP contribution in [0.5, 0.6) is 11.5 Å². The van der Waals surface area contributed by atoms with Crippen LogP contribution in [0.4, 0.5) is 0 Å². The minimum Gasteiger partial charge on any atom is -0.497 e. The number of fused-ring (bicyclic) bond motifs is 2. The highest BCUT2D eigenvalue weighted by Gasteiger charge is 2.39. The van der Waals surface area contributed by atoms with Crippen molar-refractivity contribution >= 4 is 59.9 Å². The van der Waals surface area contributed by atoms with E-state index in [1.54, 1.807) is 13.2 Å². The summed E-state index contributed by atoms with van der Waals surface area (Å²) in [5.74, 6) is 0.508. The van der Waals surface area contributed by atoms with E-state index in [9.17, 15) is 13.2 Å². The van der Waals surface area contributed by atoms with E-state index in [4.69, 9.17) is 14.9 Å². The van der Waals surface area contributed by atoms with Gasteiger partial charge in [0, 0.05) is 22.7 Å². The Balaban J connectivity index is 1.41. The third-order valence-electron chi connectivity index (χ3n) is 5.86. The molecule has 2 aromatic carbocycles. The molecule has 3 heterocycles. The zero-order chi connectivity index (χ0) is 26.2.